The average Bonchev–Trinajstić information content (AvgIpc) is 2.15. The van der Waals surface area contributed by atoms with Gasteiger partial charge in [-0.05, 0) is 39.7 Å². The maximum absolute atomic E-state index is 12.0. The molecule has 0 saturated carbocycles. The number of amides is 1. The Morgan fingerprint density at radius 1 is 1.41 bits per heavy atom. The zero-order chi connectivity index (χ0) is 13.1. The number of aliphatic hydroxyl groups is 1. The number of hydrogen-bond donors (Lipinski definition) is 1. The Morgan fingerprint density at radius 2 is 1.94 bits per heavy atom. The number of nitrogens with zero attached hydrogens (tertiary/aromatic N) is 2. The van der Waals surface area contributed by atoms with E-state index in [9.17, 15) is 9.90 Å². The van der Waals surface area contributed by atoms with Gasteiger partial charge >= 0.3 is 0 Å². The molecule has 0 aromatic rings. The molecule has 0 unspecified atom stereocenters. The Kier molecular flexibility index (Phi) is 4.95. The first-order valence-corrected chi connectivity index (χ1v) is 6.46. The maximum Gasteiger partial charge on any atom is 0.236 e. The Balaban J connectivity index is 2.33. The molecule has 1 aliphatic rings. The van der Waals surface area contributed by atoms with Crippen LogP contribution in [0.1, 0.15) is 33.6 Å². The molecule has 0 aromatic carbocycles. The summed E-state index contributed by atoms with van der Waals surface area (Å²) in [5.41, 5.74) is -0.745. The monoisotopic (exact) mass is 242 g/mol. The first kappa shape index (κ1) is 14.5. The molecule has 4 nitrogen and oxygen atoms in total. The quantitative estimate of drug-likeness (QED) is 0.798. The van der Waals surface area contributed by atoms with E-state index in [1.165, 1.54) is 0 Å². The van der Waals surface area contributed by atoms with Crippen molar-refractivity contribution in [2.75, 3.05) is 33.2 Å². The predicted molar refractivity (Wildman–Crippen MR) is 68.8 cm³/mol. The number of likely N-dealkylation sites (N-methyl/N-ethyl adjacent to an activating group) is 1. The van der Waals surface area contributed by atoms with Crippen molar-refractivity contribution in [2.45, 2.75) is 39.2 Å². The molecule has 1 N–H and O–H groups in total. The molecule has 0 atom stereocenters. The second kappa shape index (κ2) is 5.83. The van der Waals surface area contributed by atoms with E-state index >= 15 is 0 Å². The highest BCUT2D eigenvalue weighted by molar-refractivity contribution is 5.78. The van der Waals surface area contributed by atoms with Crippen LogP contribution in [0, 0.1) is 5.92 Å². The van der Waals surface area contributed by atoms with Crippen LogP contribution in [0.25, 0.3) is 0 Å². The van der Waals surface area contributed by atoms with E-state index in [0.717, 1.165) is 31.8 Å². The highest BCUT2D eigenvalue weighted by Crippen LogP contribution is 2.16. The molecule has 17 heavy (non-hydrogen) atoms. The van der Waals surface area contributed by atoms with Crippen LogP contribution in [0.4, 0.5) is 0 Å². The third-order valence-corrected chi connectivity index (χ3v) is 3.20. The van der Waals surface area contributed by atoms with Gasteiger partial charge in [0.05, 0.1) is 12.1 Å². The fourth-order valence-electron chi connectivity index (χ4n) is 2.31. The number of carbonyl (C=O) groups excluding carboxylic acids is 1. The van der Waals surface area contributed by atoms with Crippen LogP contribution in [0.5, 0.6) is 0 Å². The summed E-state index contributed by atoms with van der Waals surface area (Å²) in [6, 6.07) is 0. The van der Waals surface area contributed by atoms with Gasteiger partial charge in [-0.1, -0.05) is 6.92 Å². The van der Waals surface area contributed by atoms with Gasteiger partial charge in [-0.15, -0.1) is 0 Å². The maximum atomic E-state index is 12.0. The summed E-state index contributed by atoms with van der Waals surface area (Å²) in [5, 5.41) is 9.68. The van der Waals surface area contributed by atoms with Crippen LogP contribution < -0.4 is 0 Å². The van der Waals surface area contributed by atoms with E-state index in [2.05, 4.69) is 6.92 Å². The Morgan fingerprint density at radius 3 is 2.41 bits per heavy atom. The molecular weight excluding hydrogens is 216 g/mol. The second-order valence-corrected chi connectivity index (χ2v) is 6.05. The molecule has 1 fully saturated rings. The molecule has 1 aliphatic heterocycles. The number of rotatable bonds is 4. The van der Waals surface area contributed by atoms with Crippen LogP contribution in [0.2, 0.25) is 0 Å². The second-order valence-electron chi connectivity index (χ2n) is 6.05. The minimum Gasteiger partial charge on any atom is -0.389 e. The van der Waals surface area contributed by atoms with Gasteiger partial charge in [0.25, 0.3) is 0 Å². The Bertz CT molecular complexity index is 253. The molecule has 1 rings (SSSR count). The van der Waals surface area contributed by atoms with Gasteiger partial charge in [0.2, 0.25) is 5.91 Å². The third-order valence-electron chi connectivity index (χ3n) is 3.20. The van der Waals surface area contributed by atoms with Gasteiger partial charge in [-0.3, -0.25) is 9.69 Å². The number of hydrogen-bond acceptors (Lipinski definition) is 3. The Labute approximate surface area is 105 Å². The molecule has 4 heteroatoms. The fourth-order valence-corrected chi connectivity index (χ4v) is 2.31. The van der Waals surface area contributed by atoms with Crippen molar-refractivity contribution in [3.8, 4) is 0 Å². The third kappa shape index (κ3) is 5.50. The number of carbonyl (C=O) groups is 1. The van der Waals surface area contributed by atoms with Crippen LogP contribution in [0.15, 0.2) is 0 Å². The summed E-state index contributed by atoms with van der Waals surface area (Å²) in [5.74, 6) is 0.928. The Hall–Kier alpha value is -0.610. The van der Waals surface area contributed by atoms with Crippen molar-refractivity contribution in [1.82, 2.24) is 9.80 Å². The first-order chi connectivity index (χ1) is 7.78. The number of piperidine rings is 1. The van der Waals surface area contributed by atoms with Crippen molar-refractivity contribution >= 4 is 5.91 Å². The highest BCUT2D eigenvalue weighted by Gasteiger charge is 2.23. The van der Waals surface area contributed by atoms with Crippen molar-refractivity contribution < 1.29 is 9.90 Å². The lowest BCUT2D eigenvalue weighted by atomic mass is 9.99. The zero-order valence-electron chi connectivity index (χ0n) is 11.6. The molecule has 0 radical (unpaired) electrons. The van der Waals surface area contributed by atoms with Crippen molar-refractivity contribution in [2.24, 2.45) is 5.92 Å². The van der Waals surface area contributed by atoms with E-state index in [0.29, 0.717) is 13.1 Å². The van der Waals surface area contributed by atoms with Crippen LogP contribution >= 0.6 is 0 Å². The molecule has 0 spiro atoms. The summed E-state index contributed by atoms with van der Waals surface area (Å²) in [7, 11) is 1.88. The van der Waals surface area contributed by atoms with Crippen molar-refractivity contribution in [3.63, 3.8) is 0 Å². The van der Waals surface area contributed by atoms with E-state index in [1.54, 1.807) is 13.8 Å². The molecule has 1 saturated heterocycles. The SMILES string of the molecule is CC1CCN(C(=O)CN(C)CC(C)(C)O)CC1. The lowest BCUT2D eigenvalue weighted by Crippen LogP contribution is -2.45. The average molecular weight is 242 g/mol. The molecule has 0 aliphatic carbocycles. The van der Waals surface area contributed by atoms with Crippen LogP contribution in [0.3, 0.4) is 0 Å². The molecule has 1 amide bonds. The summed E-state index contributed by atoms with van der Waals surface area (Å²) in [6.07, 6.45) is 2.22. The zero-order valence-corrected chi connectivity index (χ0v) is 11.6. The molecule has 1 heterocycles. The van der Waals surface area contributed by atoms with Gasteiger partial charge in [0, 0.05) is 19.6 Å². The largest absolute Gasteiger partial charge is 0.389 e. The lowest BCUT2D eigenvalue weighted by molar-refractivity contribution is -0.133. The van der Waals surface area contributed by atoms with Gasteiger partial charge in [0.15, 0.2) is 0 Å². The minimum atomic E-state index is -0.745. The normalized spacial score (nSPS) is 18.8. The predicted octanol–water partition coefficient (Wildman–Crippen LogP) is 0.948. The van der Waals surface area contributed by atoms with Gasteiger partial charge in [-0.2, -0.15) is 0 Å². The fraction of sp³-hybridized carbons (Fsp3) is 0.923. The standard InChI is InChI=1S/C13H26N2O2/c1-11-5-7-15(8-6-11)12(16)9-14(4)10-13(2,3)17/h11,17H,5-10H2,1-4H3. The van der Waals surface area contributed by atoms with Gasteiger partial charge < -0.3 is 10.0 Å². The summed E-state index contributed by atoms with van der Waals surface area (Å²) in [4.78, 5) is 15.8. The lowest BCUT2D eigenvalue weighted by Gasteiger charge is -2.32. The summed E-state index contributed by atoms with van der Waals surface area (Å²) in [6.45, 7) is 8.45. The molecule has 0 bridgehead atoms. The van der Waals surface area contributed by atoms with Crippen molar-refractivity contribution in [3.05, 3.63) is 0 Å². The summed E-state index contributed by atoms with van der Waals surface area (Å²) < 4.78 is 0. The van der Waals surface area contributed by atoms with Crippen LogP contribution in [-0.2, 0) is 4.79 Å². The highest BCUT2D eigenvalue weighted by atomic mass is 16.3. The van der Waals surface area contributed by atoms with Crippen LogP contribution in [-0.4, -0.2) is 59.6 Å². The minimum absolute atomic E-state index is 0.184. The van der Waals surface area contributed by atoms with Crippen molar-refractivity contribution in [1.29, 1.82) is 0 Å². The van der Waals surface area contributed by atoms with E-state index in [1.807, 2.05) is 16.8 Å². The molecule has 0 aromatic heterocycles. The smallest absolute Gasteiger partial charge is 0.236 e. The number of likely N-dealkylation sites (tertiary alicyclic amines) is 1. The van der Waals surface area contributed by atoms with E-state index < -0.39 is 5.60 Å². The molecular formula is C13H26N2O2. The first-order valence-electron chi connectivity index (χ1n) is 6.46. The van der Waals surface area contributed by atoms with Gasteiger partial charge in [-0.25, -0.2) is 0 Å². The van der Waals surface area contributed by atoms with E-state index in [-0.39, 0.29) is 5.91 Å². The summed E-state index contributed by atoms with van der Waals surface area (Å²) >= 11 is 0. The molecule has 100 valence electrons. The van der Waals surface area contributed by atoms with Gasteiger partial charge in [0.1, 0.15) is 0 Å². The van der Waals surface area contributed by atoms with E-state index in [4.69, 9.17) is 0 Å². The topological polar surface area (TPSA) is 43.8 Å².